The molecule has 1 aliphatic carbocycles. The van der Waals surface area contributed by atoms with Gasteiger partial charge in [0.25, 0.3) is 0 Å². The number of hydrogen-bond acceptors (Lipinski definition) is 3. The van der Waals surface area contributed by atoms with Gasteiger partial charge in [-0.3, -0.25) is 0 Å². The molecule has 2 aromatic rings. The summed E-state index contributed by atoms with van der Waals surface area (Å²) in [5.74, 6) is -0.393. The normalized spacial score (nSPS) is 23.1. The Bertz CT molecular complexity index is 909. The lowest BCUT2D eigenvalue weighted by Gasteiger charge is -2.44. The van der Waals surface area contributed by atoms with Gasteiger partial charge in [0.05, 0.1) is 0 Å². The van der Waals surface area contributed by atoms with Crippen LogP contribution in [0, 0.1) is 5.92 Å². The predicted molar refractivity (Wildman–Crippen MR) is 120 cm³/mol. The monoisotopic (exact) mass is 471 g/mol. The van der Waals surface area contributed by atoms with Crippen LogP contribution in [-0.4, -0.2) is 47.2 Å². The number of carbonyl (C=O) groups is 2. The zero-order valence-corrected chi connectivity index (χ0v) is 18.5. The van der Waals surface area contributed by atoms with Gasteiger partial charge in [0, 0.05) is 29.1 Å². The van der Waals surface area contributed by atoms with Gasteiger partial charge in [0.15, 0.2) is 0 Å². The first-order valence-electron chi connectivity index (χ1n) is 10.0. The van der Waals surface area contributed by atoms with Crippen LogP contribution < -0.4 is 0 Å². The van der Waals surface area contributed by atoms with Gasteiger partial charge in [0.1, 0.15) is 0 Å². The molecule has 0 bridgehead atoms. The minimum Gasteiger partial charge on any atom is -0.478 e. The van der Waals surface area contributed by atoms with Gasteiger partial charge < -0.3 is 15.1 Å². The number of carboxylic acid groups (broad SMARTS) is 2. The second-order valence-corrected chi connectivity index (χ2v) is 8.81. The third-order valence-corrected chi connectivity index (χ3v) is 6.44. The molecule has 5 nitrogen and oxygen atoms in total. The number of fused-ring (bicyclic) bond motifs is 3. The van der Waals surface area contributed by atoms with E-state index in [-0.39, 0.29) is 0 Å². The van der Waals surface area contributed by atoms with E-state index in [0.29, 0.717) is 18.1 Å². The summed E-state index contributed by atoms with van der Waals surface area (Å²) in [5.41, 5.74) is 4.62. The van der Waals surface area contributed by atoms with E-state index in [0.717, 1.165) is 16.3 Å². The molecule has 30 heavy (non-hydrogen) atoms. The number of piperidine rings is 1. The van der Waals surface area contributed by atoms with Gasteiger partial charge in [0.2, 0.25) is 0 Å². The first-order chi connectivity index (χ1) is 14.3. The molecular weight excluding hydrogens is 446 g/mol. The standard InChI is InChI=1S/C20H22BrN.C4H4O4/c1-22-11-10-15-12-19(14-6-8-16(21)9-7-14)17-4-2-3-5-18(17)20(15)13-22;5-3(6)1-2-4(7)8/h2-9,15,19-20H,10-13H2,1H3;1-2H,(H,5,6)(H,7,8)/b;2-1-. The third-order valence-electron chi connectivity index (χ3n) is 5.91. The number of nitrogens with zero attached hydrogens (tertiary/aromatic N) is 1. The second-order valence-electron chi connectivity index (χ2n) is 7.90. The van der Waals surface area contributed by atoms with E-state index in [1.54, 1.807) is 11.1 Å². The molecule has 0 aromatic heterocycles. The maximum Gasteiger partial charge on any atom is 0.328 e. The Hall–Kier alpha value is -2.44. The molecule has 0 saturated carbocycles. The summed E-state index contributed by atoms with van der Waals surface area (Å²) in [6.07, 6.45) is 3.75. The SMILES string of the molecule is CN1CCC2CC(c3ccc(Br)cc3)c3ccccc3C2C1.O=C(O)/C=C\C(=O)O. The van der Waals surface area contributed by atoms with Crippen molar-refractivity contribution >= 4 is 27.9 Å². The molecule has 1 heterocycles. The fourth-order valence-corrected chi connectivity index (χ4v) is 4.81. The molecule has 0 spiro atoms. The molecule has 1 aliphatic heterocycles. The van der Waals surface area contributed by atoms with Crippen LogP contribution in [0.3, 0.4) is 0 Å². The Morgan fingerprint density at radius 2 is 1.60 bits per heavy atom. The van der Waals surface area contributed by atoms with Gasteiger partial charge in [-0.1, -0.05) is 52.3 Å². The van der Waals surface area contributed by atoms with Crippen LogP contribution in [0.1, 0.15) is 41.4 Å². The number of hydrogen-bond donors (Lipinski definition) is 2. The minimum atomic E-state index is -1.26. The Kier molecular flexibility index (Phi) is 7.45. The number of rotatable bonds is 3. The van der Waals surface area contributed by atoms with Crippen molar-refractivity contribution in [2.45, 2.75) is 24.7 Å². The van der Waals surface area contributed by atoms with Crippen molar-refractivity contribution in [1.29, 1.82) is 0 Å². The summed E-state index contributed by atoms with van der Waals surface area (Å²) in [6, 6.07) is 18.1. The molecule has 2 N–H and O–H groups in total. The van der Waals surface area contributed by atoms with Crippen molar-refractivity contribution in [2.75, 3.05) is 20.1 Å². The Labute approximate surface area is 185 Å². The van der Waals surface area contributed by atoms with Gasteiger partial charge in [-0.15, -0.1) is 0 Å². The van der Waals surface area contributed by atoms with Gasteiger partial charge in [-0.25, -0.2) is 9.59 Å². The molecule has 2 aliphatic rings. The molecular formula is C24H26BrNO4. The van der Waals surface area contributed by atoms with Crippen LogP contribution in [0.4, 0.5) is 0 Å². The van der Waals surface area contributed by atoms with Crippen molar-refractivity contribution < 1.29 is 19.8 Å². The number of likely N-dealkylation sites (N-methyl/N-ethyl adjacent to an activating group) is 1. The molecule has 3 unspecified atom stereocenters. The number of aliphatic carboxylic acids is 2. The molecule has 0 radical (unpaired) electrons. The first kappa shape index (κ1) is 22.2. The van der Waals surface area contributed by atoms with Gasteiger partial charge in [-0.2, -0.15) is 0 Å². The molecule has 2 aromatic carbocycles. The zero-order chi connectivity index (χ0) is 21.7. The van der Waals surface area contributed by atoms with E-state index in [2.05, 4.69) is 76.4 Å². The van der Waals surface area contributed by atoms with E-state index in [9.17, 15) is 9.59 Å². The Morgan fingerprint density at radius 3 is 2.20 bits per heavy atom. The van der Waals surface area contributed by atoms with E-state index in [4.69, 9.17) is 10.2 Å². The lowest BCUT2D eigenvalue weighted by molar-refractivity contribution is -0.134. The highest BCUT2D eigenvalue weighted by Crippen LogP contribution is 2.48. The molecule has 4 rings (SSSR count). The van der Waals surface area contributed by atoms with E-state index >= 15 is 0 Å². The molecule has 158 valence electrons. The number of carboxylic acids is 2. The van der Waals surface area contributed by atoms with Crippen molar-refractivity contribution in [1.82, 2.24) is 4.90 Å². The molecule has 3 atom stereocenters. The van der Waals surface area contributed by atoms with Crippen LogP contribution in [-0.2, 0) is 9.59 Å². The fraction of sp³-hybridized carbons (Fsp3) is 0.333. The average Bonchev–Trinajstić information content (AvgIpc) is 2.73. The summed E-state index contributed by atoms with van der Waals surface area (Å²) in [7, 11) is 2.26. The molecule has 0 amide bonds. The molecule has 1 fully saturated rings. The van der Waals surface area contributed by atoms with Crippen LogP contribution in [0.5, 0.6) is 0 Å². The lowest BCUT2D eigenvalue weighted by atomic mass is 9.66. The summed E-state index contributed by atoms with van der Waals surface area (Å²) in [6.45, 7) is 2.46. The van der Waals surface area contributed by atoms with Crippen molar-refractivity contribution in [2.24, 2.45) is 5.92 Å². The fourth-order valence-electron chi connectivity index (χ4n) is 4.55. The van der Waals surface area contributed by atoms with Crippen LogP contribution in [0.2, 0.25) is 0 Å². The van der Waals surface area contributed by atoms with Gasteiger partial charge >= 0.3 is 11.9 Å². The molecule has 1 saturated heterocycles. The third kappa shape index (κ3) is 5.58. The van der Waals surface area contributed by atoms with Crippen LogP contribution >= 0.6 is 15.9 Å². The number of halogens is 1. The summed E-state index contributed by atoms with van der Waals surface area (Å²) >= 11 is 3.56. The Balaban J connectivity index is 0.000000275. The predicted octanol–water partition coefficient (Wildman–Crippen LogP) is 4.73. The van der Waals surface area contributed by atoms with Gasteiger partial charge in [-0.05, 0) is 67.1 Å². The topological polar surface area (TPSA) is 77.8 Å². The average molecular weight is 472 g/mol. The maximum atomic E-state index is 9.55. The van der Waals surface area contributed by atoms with E-state index in [1.165, 1.54) is 31.5 Å². The van der Waals surface area contributed by atoms with Crippen molar-refractivity contribution in [3.05, 3.63) is 81.8 Å². The first-order valence-corrected chi connectivity index (χ1v) is 10.8. The van der Waals surface area contributed by atoms with E-state index < -0.39 is 11.9 Å². The highest BCUT2D eigenvalue weighted by molar-refractivity contribution is 9.10. The van der Waals surface area contributed by atoms with Crippen LogP contribution in [0.25, 0.3) is 0 Å². The van der Waals surface area contributed by atoms with Crippen molar-refractivity contribution in [3.8, 4) is 0 Å². The van der Waals surface area contributed by atoms with Crippen LogP contribution in [0.15, 0.2) is 65.2 Å². The summed E-state index contributed by atoms with van der Waals surface area (Å²) < 4.78 is 1.16. The largest absolute Gasteiger partial charge is 0.478 e. The smallest absolute Gasteiger partial charge is 0.328 e. The van der Waals surface area contributed by atoms with E-state index in [1.807, 2.05) is 0 Å². The van der Waals surface area contributed by atoms with Crippen molar-refractivity contribution in [3.63, 3.8) is 0 Å². The molecule has 6 heteroatoms. The second kappa shape index (κ2) is 10.0. The maximum absolute atomic E-state index is 9.55. The lowest BCUT2D eigenvalue weighted by Crippen LogP contribution is -2.40. The highest BCUT2D eigenvalue weighted by Gasteiger charge is 2.37. The summed E-state index contributed by atoms with van der Waals surface area (Å²) in [5, 5.41) is 15.6. The quantitative estimate of drug-likeness (QED) is 0.632. The number of benzene rings is 2. The minimum absolute atomic E-state index is 0.558. The highest BCUT2D eigenvalue weighted by atomic mass is 79.9. The zero-order valence-electron chi connectivity index (χ0n) is 16.9. The number of likely N-dealkylation sites (tertiary alicyclic amines) is 1. The Morgan fingerprint density at radius 1 is 1.00 bits per heavy atom. The summed E-state index contributed by atoms with van der Waals surface area (Å²) in [4.78, 5) is 21.6.